The van der Waals surface area contributed by atoms with Crippen LogP contribution in [0.25, 0.3) is 11.0 Å². The summed E-state index contributed by atoms with van der Waals surface area (Å²) in [6, 6.07) is 22.2. The molecule has 3 aromatic carbocycles. The summed E-state index contributed by atoms with van der Waals surface area (Å²) in [6.45, 7) is 5.97. The number of rotatable bonds is 6. The summed E-state index contributed by atoms with van der Waals surface area (Å²) < 4.78 is 9.39. The highest BCUT2D eigenvalue weighted by Gasteiger charge is 2.34. The van der Waals surface area contributed by atoms with Crippen LogP contribution in [0.4, 0.5) is 5.69 Å². The van der Waals surface area contributed by atoms with Crippen LogP contribution in [-0.4, -0.2) is 28.6 Å². The Bertz CT molecular complexity index is 1310. The Hall–Kier alpha value is -3.12. The van der Waals surface area contributed by atoms with Crippen molar-refractivity contribution >= 4 is 38.6 Å². The number of aryl methyl sites for hydroxylation is 2. The maximum atomic E-state index is 12.9. The predicted molar refractivity (Wildman–Crippen MR) is 135 cm³/mol. The van der Waals surface area contributed by atoms with E-state index in [1.807, 2.05) is 53.4 Å². The van der Waals surface area contributed by atoms with Crippen LogP contribution in [0, 0.1) is 13.8 Å². The van der Waals surface area contributed by atoms with Gasteiger partial charge in [0, 0.05) is 29.0 Å². The molecule has 1 aliphatic heterocycles. The zero-order valence-electron chi connectivity index (χ0n) is 18.8. The first-order chi connectivity index (χ1) is 16.0. The van der Waals surface area contributed by atoms with E-state index in [0.29, 0.717) is 26.1 Å². The fraction of sp³-hybridized carbons (Fsp3) is 0.259. The molecular weight excluding hydrogens is 478 g/mol. The number of para-hydroxylation sites is 3. The van der Waals surface area contributed by atoms with Gasteiger partial charge in [-0.15, -0.1) is 0 Å². The number of halogens is 1. The summed E-state index contributed by atoms with van der Waals surface area (Å²) >= 11 is 3.51. The third-order valence-electron chi connectivity index (χ3n) is 6.26. The zero-order valence-corrected chi connectivity index (χ0v) is 20.4. The molecule has 6 heteroatoms. The summed E-state index contributed by atoms with van der Waals surface area (Å²) in [5.41, 5.74) is 5.21. The van der Waals surface area contributed by atoms with E-state index < -0.39 is 0 Å². The van der Waals surface area contributed by atoms with Crippen molar-refractivity contribution in [3.63, 3.8) is 0 Å². The van der Waals surface area contributed by atoms with Gasteiger partial charge in [-0.25, -0.2) is 4.98 Å². The van der Waals surface area contributed by atoms with E-state index in [2.05, 4.69) is 52.5 Å². The molecule has 2 heterocycles. The van der Waals surface area contributed by atoms with E-state index >= 15 is 0 Å². The van der Waals surface area contributed by atoms with Crippen LogP contribution in [0.2, 0.25) is 0 Å². The molecule has 1 atom stereocenters. The summed E-state index contributed by atoms with van der Waals surface area (Å²) in [5, 5.41) is 0. The molecule has 0 N–H and O–H groups in total. The lowest BCUT2D eigenvalue weighted by Gasteiger charge is -2.18. The second kappa shape index (κ2) is 9.02. The van der Waals surface area contributed by atoms with Crippen LogP contribution in [0.15, 0.2) is 71.2 Å². The first-order valence-electron chi connectivity index (χ1n) is 11.2. The third-order valence-corrected chi connectivity index (χ3v) is 6.76. The number of hydrogen-bond acceptors (Lipinski definition) is 3. The van der Waals surface area contributed by atoms with Gasteiger partial charge in [-0.3, -0.25) is 4.79 Å². The minimum atomic E-state index is 0.0316. The molecule has 1 saturated heterocycles. The minimum Gasteiger partial charge on any atom is -0.491 e. The monoisotopic (exact) mass is 503 g/mol. The van der Waals surface area contributed by atoms with Gasteiger partial charge < -0.3 is 14.2 Å². The predicted octanol–water partition coefficient (Wildman–Crippen LogP) is 6.02. The van der Waals surface area contributed by atoms with E-state index in [-0.39, 0.29) is 11.8 Å². The van der Waals surface area contributed by atoms with Crippen LogP contribution in [0.5, 0.6) is 5.75 Å². The molecule has 1 fully saturated rings. The molecule has 5 nitrogen and oxygen atoms in total. The third kappa shape index (κ3) is 4.27. The van der Waals surface area contributed by atoms with Gasteiger partial charge >= 0.3 is 0 Å². The van der Waals surface area contributed by atoms with Gasteiger partial charge in [-0.05, 0) is 55.3 Å². The summed E-state index contributed by atoms with van der Waals surface area (Å²) in [6.07, 6.45) is 0.452. The number of anilines is 1. The molecule has 1 aromatic heterocycles. The molecule has 0 bridgehead atoms. The van der Waals surface area contributed by atoms with Crippen molar-refractivity contribution in [2.45, 2.75) is 32.7 Å². The van der Waals surface area contributed by atoms with Gasteiger partial charge in [0.15, 0.2) is 0 Å². The van der Waals surface area contributed by atoms with Crippen molar-refractivity contribution in [1.82, 2.24) is 9.55 Å². The normalized spacial score (nSPS) is 16.0. The van der Waals surface area contributed by atoms with Crippen LogP contribution in [-0.2, 0) is 11.3 Å². The fourth-order valence-corrected chi connectivity index (χ4v) is 5.07. The van der Waals surface area contributed by atoms with E-state index in [1.54, 1.807) is 0 Å². The van der Waals surface area contributed by atoms with E-state index in [4.69, 9.17) is 9.72 Å². The maximum Gasteiger partial charge on any atom is 0.227 e. The number of benzene rings is 3. The number of aromatic nitrogens is 2. The van der Waals surface area contributed by atoms with Crippen LogP contribution in [0.3, 0.4) is 0 Å². The molecule has 5 rings (SSSR count). The number of imidazole rings is 1. The lowest BCUT2D eigenvalue weighted by Crippen LogP contribution is -2.24. The van der Waals surface area contributed by atoms with Gasteiger partial charge in [0.2, 0.25) is 5.91 Å². The molecule has 0 aliphatic carbocycles. The SMILES string of the molecule is Cc1cccc(C)c1OCCn1c(C2CC(=O)N(c3cccc(Br)c3)C2)nc2ccccc21. The number of ether oxygens (including phenoxy) is 1. The molecule has 168 valence electrons. The van der Waals surface area contributed by atoms with Gasteiger partial charge in [-0.2, -0.15) is 0 Å². The highest BCUT2D eigenvalue weighted by Crippen LogP contribution is 2.34. The standard InChI is InChI=1S/C27H26BrN3O2/c1-18-7-5-8-19(2)26(18)33-14-13-30-24-12-4-3-11-23(24)29-27(30)20-15-25(32)31(17-20)22-10-6-9-21(28)16-22/h3-12,16,20H,13-15,17H2,1-2H3. The number of carbonyl (C=O) groups excluding carboxylic acids is 1. The first-order valence-corrected chi connectivity index (χ1v) is 12.0. The molecule has 1 unspecified atom stereocenters. The van der Waals surface area contributed by atoms with Crippen molar-refractivity contribution in [3.8, 4) is 5.75 Å². The number of carbonyl (C=O) groups is 1. The maximum absolute atomic E-state index is 12.9. The van der Waals surface area contributed by atoms with Gasteiger partial charge in [-0.1, -0.05) is 52.3 Å². The number of nitrogens with zero attached hydrogens (tertiary/aromatic N) is 3. The molecule has 33 heavy (non-hydrogen) atoms. The first kappa shape index (κ1) is 21.7. The van der Waals surface area contributed by atoms with E-state index in [9.17, 15) is 4.79 Å². The highest BCUT2D eigenvalue weighted by molar-refractivity contribution is 9.10. The summed E-state index contributed by atoms with van der Waals surface area (Å²) in [5.74, 6) is 2.06. The molecule has 1 amide bonds. The summed E-state index contributed by atoms with van der Waals surface area (Å²) in [7, 11) is 0. The van der Waals surface area contributed by atoms with Crippen LogP contribution >= 0.6 is 15.9 Å². The highest BCUT2D eigenvalue weighted by atomic mass is 79.9. The van der Waals surface area contributed by atoms with Crippen molar-refractivity contribution in [1.29, 1.82) is 0 Å². The van der Waals surface area contributed by atoms with Gasteiger partial charge in [0.25, 0.3) is 0 Å². The topological polar surface area (TPSA) is 47.4 Å². The lowest BCUT2D eigenvalue weighted by atomic mass is 10.1. The van der Waals surface area contributed by atoms with Gasteiger partial charge in [0.1, 0.15) is 18.2 Å². The number of fused-ring (bicyclic) bond motifs is 1. The average molecular weight is 504 g/mol. The molecule has 0 saturated carbocycles. The Morgan fingerprint density at radius 2 is 1.79 bits per heavy atom. The second-order valence-electron chi connectivity index (χ2n) is 8.57. The van der Waals surface area contributed by atoms with Crippen LogP contribution in [0.1, 0.15) is 29.3 Å². The van der Waals surface area contributed by atoms with E-state index in [0.717, 1.165) is 43.9 Å². The molecular formula is C27H26BrN3O2. The van der Waals surface area contributed by atoms with Crippen molar-refractivity contribution in [2.75, 3.05) is 18.1 Å². The lowest BCUT2D eigenvalue weighted by molar-refractivity contribution is -0.117. The Balaban J connectivity index is 1.42. The Morgan fingerprint density at radius 1 is 1.03 bits per heavy atom. The van der Waals surface area contributed by atoms with Crippen molar-refractivity contribution < 1.29 is 9.53 Å². The summed E-state index contributed by atoms with van der Waals surface area (Å²) in [4.78, 5) is 19.7. The number of hydrogen-bond donors (Lipinski definition) is 0. The zero-order chi connectivity index (χ0) is 22.9. The molecule has 0 radical (unpaired) electrons. The molecule has 4 aromatic rings. The molecule has 1 aliphatic rings. The smallest absolute Gasteiger partial charge is 0.227 e. The second-order valence-corrected chi connectivity index (χ2v) is 9.48. The Labute approximate surface area is 202 Å². The number of amides is 1. The largest absolute Gasteiger partial charge is 0.491 e. The minimum absolute atomic E-state index is 0.0316. The quantitative estimate of drug-likeness (QED) is 0.323. The van der Waals surface area contributed by atoms with Crippen molar-refractivity contribution in [2.24, 2.45) is 0 Å². The van der Waals surface area contributed by atoms with Gasteiger partial charge in [0.05, 0.1) is 17.6 Å². The Kier molecular flexibility index (Phi) is 5.94. The van der Waals surface area contributed by atoms with Crippen LogP contribution < -0.4 is 9.64 Å². The average Bonchev–Trinajstić information content (AvgIpc) is 3.36. The fourth-order valence-electron chi connectivity index (χ4n) is 4.68. The van der Waals surface area contributed by atoms with E-state index in [1.165, 1.54) is 0 Å². The Morgan fingerprint density at radius 3 is 2.58 bits per heavy atom. The van der Waals surface area contributed by atoms with Crippen molar-refractivity contribution in [3.05, 3.63) is 88.2 Å². The molecule has 0 spiro atoms.